The summed E-state index contributed by atoms with van der Waals surface area (Å²) in [5.41, 5.74) is -1.26. The third-order valence-corrected chi connectivity index (χ3v) is 3.14. The number of hydrogen-bond acceptors (Lipinski definition) is 8. The van der Waals surface area contributed by atoms with Crippen LogP contribution in [0, 0.1) is 20.2 Å². The lowest BCUT2D eigenvalue weighted by molar-refractivity contribution is -0.394. The number of carbonyl (C=O) groups excluding carboxylic acids is 1. The van der Waals surface area contributed by atoms with E-state index in [4.69, 9.17) is 0 Å². The maximum Gasteiger partial charge on any atom is 0.277 e. The number of carbonyl (C=O) groups is 1. The molecule has 2 rings (SSSR count). The molecule has 130 valence electrons. The van der Waals surface area contributed by atoms with Crippen LogP contribution < -0.4 is 10.2 Å². The van der Waals surface area contributed by atoms with E-state index in [0.717, 1.165) is 18.2 Å². The summed E-state index contributed by atoms with van der Waals surface area (Å²) in [4.78, 5) is 42.3. The molecule has 1 N–H and O–H groups in total. The van der Waals surface area contributed by atoms with Crippen molar-refractivity contribution in [2.24, 2.45) is 0 Å². The second-order valence-electron chi connectivity index (χ2n) is 5.16. The van der Waals surface area contributed by atoms with Crippen LogP contribution >= 0.6 is 0 Å². The Hall–Kier alpha value is -3.63. The summed E-state index contributed by atoms with van der Waals surface area (Å²) in [7, 11) is 3.60. The summed E-state index contributed by atoms with van der Waals surface area (Å²) < 4.78 is 0. The van der Waals surface area contributed by atoms with Gasteiger partial charge in [-0.3, -0.25) is 25.0 Å². The summed E-state index contributed by atoms with van der Waals surface area (Å²) in [5, 5.41) is 24.2. The Morgan fingerprint density at radius 3 is 2.28 bits per heavy atom. The summed E-state index contributed by atoms with van der Waals surface area (Å²) >= 11 is 0. The topological polar surface area (TPSA) is 144 Å². The molecule has 0 radical (unpaired) electrons. The predicted octanol–water partition coefficient (Wildman–Crippen LogP) is 1.29. The molecule has 0 spiro atoms. The van der Waals surface area contributed by atoms with Gasteiger partial charge in [0.2, 0.25) is 0 Å². The van der Waals surface area contributed by atoms with Gasteiger partial charge in [-0.05, 0) is 6.07 Å². The van der Waals surface area contributed by atoms with E-state index in [0.29, 0.717) is 11.6 Å². The van der Waals surface area contributed by atoms with E-state index in [-0.39, 0.29) is 12.1 Å². The van der Waals surface area contributed by atoms with Gasteiger partial charge in [0.1, 0.15) is 11.6 Å². The van der Waals surface area contributed by atoms with Crippen molar-refractivity contribution in [2.45, 2.75) is 6.54 Å². The van der Waals surface area contributed by atoms with Crippen molar-refractivity contribution in [2.75, 3.05) is 19.0 Å². The van der Waals surface area contributed by atoms with E-state index < -0.39 is 27.1 Å². The Labute approximate surface area is 141 Å². The second kappa shape index (κ2) is 7.29. The molecular formula is C14H14N6O5. The van der Waals surface area contributed by atoms with Crippen LogP contribution in [0.3, 0.4) is 0 Å². The molecule has 1 amide bonds. The molecule has 0 saturated heterocycles. The average molecular weight is 346 g/mol. The Kier molecular flexibility index (Phi) is 5.17. The quantitative estimate of drug-likeness (QED) is 0.608. The first kappa shape index (κ1) is 17.7. The molecule has 0 atom stereocenters. The Bertz CT molecular complexity index is 806. The van der Waals surface area contributed by atoms with Crippen LogP contribution in [-0.2, 0) is 6.54 Å². The van der Waals surface area contributed by atoms with Crippen LogP contribution in [0.4, 0.5) is 17.2 Å². The maximum atomic E-state index is 12.2. The number of rotatable bonds is 6. The summed E-state index contributed by atoms with van der Waals surface area (Å²) in [6.45, 7) is -0.0308. The van der Waals surface area contributed by atoms with Gasteiger partial charge in [0.15, 0.2) is 0 Å². The van der Waals surface area contributed by atoms with Crippen LogP contribution in [0.2, 0.25) is 0 Å². The third kappa shape index (κ3) is 4.43. The fourth-order valence-corrected chi connectivity index (χ4v) is 1.92. The molecular weight excluding hydrogens is 332 g/mol. The molecule has 0 aliphatic heterocycles. The number of aromatic nitrogens is 2. The molecule has 0 bridgehead atoms. The van der Waals surface area contributed by atoms with Crippen LogP contribution in [-0.4, -0.2) is 39.8 Å². The van der Waals surface area contributed by atoms with E-state index in [1.807, 2.05) is 0 Å². The largest absolute Gasteiger partial charge is 0.363 e. The van der Waals surface area contributed by atoms with E-state index in [9.17, 15) is 25.0 Å². The number of anilines is 1. The van der Waals surface area contributed by atoms with Gasteiger partial charge < -0.3 is 10.2 Å². The zero-order chi connectivity index (χ0) is 18.6. The summed E-state index contributed by atoms with van der Waals surface area (Å²) in [6, 6.07) is 4.43. The van der Waals surface area contributed by atoms with E-state index >= 15 is 0 Å². The number of benzene rings is 1. The minimum atomic E-state index is -0.798. The van der Waals surface area contributed by atoms with Gasteiger partial charge in [-0.25, -0.2) is 9.97 Å². The highest BCUT2D eigenvalue weighted by Gasteiger charge is 2.19. The van der Waals surface area contributed by atoms with Crippen molar-refractivity contribution in [1.29, 1.82) is 0 Å². The molecule has 0 aliphatic carbocycles. The first-order valence-corrected chi connectivity index (χ1v) is 6.99. The van der Waals surface area contributed by atoms with Crippen LogP contribution in [0.15, 0.2) is 30.5 Å². The summed E-state index contributed by atoms with van der Waals surface area (Å²) in [6.07, 6.45) is 1.53. The van der Waals surface area contributed by atoms with Gasteiger partial charge in [-0.15, -0.1) is 0 Å². The van der Waals surface area contributed by atoms with Crippen molar-refractivity contribution in [1.82, 2.24) is 15.3 Å². The fraction of sp³-hybridized carbons (Fsp3) is 0.214. The lowest BCUT2D eigenvalue weighted by Crippen LogP contribution is -2.24. The number of nitro groups is 2. The van der Waals surface area contributed by atoms with Crippen molar-refractivity contribution in [3.63, 3.8) is 0 Å². The maximum absolute atomic E-state index is 12.2. The smallest absolute Gasteiger partial charge is 0.277 e. The monoisotopic (exact) mass is 346 g/mol. The van der Waals surface area contributed by atoms with Crippen molar-refractivity contribution >= 4 is 23.1 Å². The van der Waals surface area contributed by atoms with Crippen molar-refractivity contribution in [3.05, 3.63) is 62.1 Å². The molecule has 11 heteroatoms. The molecule has 0 saturated carbocycles. The Morgan fingerprint density at radius 1 is 1.16 bits per heavy atom. The van der Waals surface area contributed by atoms with Gasteiger partial charge in [-0.2, -0.15) is 0 Å². The van der Waals surface area contributed by atoms with E-state index in [1.54, 1.807) is 25.1 Å². The van der Waals surface area contributed by atoms with Gasteiger partial charge in [-0.1, -0.05) is 0 Å². The summed E-state index contributed by atoms with van der Waals surface area (Å²) in [5.74, 6) is 0.273. The zero-order valence-corrected chi connectivity index (χ0v) is 13.4. The van der Waals surface area contributed by atoms with Gasteiger partial charge in [0.25, 0.3) is 17.3 Å². The highest BCUT2D eigenvalue weighted by Crippen LogP contribution is 2.22. The average Bonchev–Trinajstić information content (AvgIpc) is 2.59. The number of nitrogens with one attached hydrogen (secondary N) is 1. The van der Waals surface area contributed by atoms with Crippen molar-refractivity contribution in [3.8, 4) is 0 Å². The normalized spacial score (nSPS) is 10.2. The first-order valence-electron chi connectivity index (χ1n) is 6.99. The molecule has 1 aromatic carbocycles. The standard InChI is InChI=1S/C14H14N6O5/c1-18(2)13-3-4-15-12(17-13)8-16-14(21)9-5-10(19(22)23)7-11(6-9)20(24)25/h3-7H,8H2,1-2H3,(H,16,21). The van der Waals surface area contributed by atoms with Crippen LogP contribution in [0.25, 0.3) is 0 Å². The SMILES string of the molecule is CN(C)c1ccnc(CNC(=O)c2cc([N+](=O)[O-])cc([N+](=O)[O-])c2)n1. The van der Waals surface area contributed by atoms with Gasteiger partial charge in [0.05, 0.1) is 28.0 Å². The second-order valence-corrected chi connectivity index (χ2v) is 5.16. The van der Waals surface area contributed by atoms with Gasteiger partial charge >= 0.3 is 0 Å². The van der Waals surface area contributed by atoms with E-state index in [1.165, 1.54) is 6.20 Å². The Morgan fingerprint density at radius 2 is 1.76 bits per heavy atom. The Balaban J connectivity index is 2.19. The molecule has 0 unspecified atom stereocenters. The highest BCUT2D eigenvalue weighted by molar-refractivity contribution is 5.95. The van der Waals surface area contributed by atoms with Crippen molar-refractivity contribution < 1.29 is 14.6 Å². The molecule has 1 aromatic heterocycles. The minimum Gasteiger partial charge on any atom is -0.363 e. The predicted molar refractivity (Wildman–Crippen MR) is 87.3 cm³/mol. The molecule has 11 nitrogen and oxygen atoms in total. The highest BCUT2D eigenvalue weighted by atomic mass is 16.6. The van der Waals surface area contributed by atoms with Crippen LogP contribution in [0.5, 0.6) is 0 Å². The molecule has 25 heavy (non-hydrogen) atoms. The minimum absolute atomic E-state index is 0.0308. The third-order valence-electron chi connectivity index (χ3n) is 3.14. The molecule has 0 aliphatic rings. The lowest BCUT2D eigenvalue weighted by atomic mass is 10.1. The first-order chi connectivity index (χ1) is 11.8. The molecule has 2 aromatic rings. The molecule has 1 heterocycles. The molecule has 0 fully saturated rings. The van der Waals surface area contributed by atoms with Gasteiger partial charge in [0, 0.05) is 32.4 Å². The number of nitro benzene ring substituents is 2. The number of amides is 1. The fourth-order valence-electron chi connectivity index (χ4n) is 1.92. The van der Waals surface area contributed by atoms with Crippen LogP contribution in [0.1, 0.15) is 16.2 Å². The number of hydrogen-bond donors (Lipinski definition) is 1. The lowest BCUT2D eigenvalue weighted by Gasteiger charge is -2.11. The van der Waals surface area contributed by atoms with E-state index in [2.05, 4.69) is 15.3 Å². The number of non-ortho nitro benzene ring substituents is 2. The number of nitrogens with zero attached hydrogens (tertiary/aromatic N) is 5. The zero-order valence-electron chi connectivity index (χ0n) is 13.4.